The SMILES string of the molecule is O=C(OC1CCCC1)c1ccco1. The van der Waals surface area contributed by atoms with Crippen LogP contribution >= 0.6 is 0 Å². The highest BCUT2D eigenvalue weighted by Gasteiger charge is 2.21. The minimum atomic E-state index is -0.336. The molecule has 0 aromatic carbocycles. The van der Waals surface area contributed by atoms with Crippen LogP contribution in [0.1, 0.15) is 36.2 Å². The lowest BCUT2D eigenvalue weighted by Gasteiger charge is -2.08. The lowest BCUT2D eigenvalue weighted by atomic mass is 10.3. The van der Waals surface area contributed by atoms with Crippen LogP contribution < -0.4 is 0 Å². The van der Waals surface area contributed by atoms with Gasteiger partial charge in [-0.15, -0.1) is 0 Å². The molecule has 13 heavy (non-hydrogen) atoms. The fourth-order valence-corrected chi connectivity index (χ4v) is 1.61. The van der Waals surface area contributed by atoms with E-state index in [0.717, 1.165) is 25.7 Å². The number of rotatable bonds is 2. The third kappa shape index (κ3) is 1.91. The Morgan fingerprint density at radius 1 is 1.46 bits per heavy atom. The molecule has 3 heteroatoms. The first-order valence-electron chi connectivity index (χ1n) is 4.61. The van der Waals surface area contributed by atoms with E-state index < -0.39 is 0 Å². The summed E-state index contributed by atoms with van der Waals surface area (Å²) in [7, 11) is 0. The third-order valence-electron chi connectivity index (χ3n) is 2.30. The summed E-state index contributed by atoms with van der Waals surface area (Å²) in [4.78, 5) is 11.3. The third-order valence-corrected chi connectivity index (χ3v) is 2.30. The number of carbonyl (C=O) groups excluding carboxylic acids is 1. The van der Waals surface area contributed by atoms with E-state index in [1.54, 1.807) is 12.1 Å². The molecule has 0 spiro atoms. The summed E-state index contributed by atoms with van der Waals surface area (Å²) in [6.45, 7) is 0. The lowest BCUT2D eigenvalue weighted by Crippen LogP contribution is -2.13. The fraction of sp³-hybridized carbons (Fsp3) is 0.500. The van der Waals surface area contributed by atoms with Gasteiger partial charge in [-0.2, -0.15) is 0 Å². The van der Waals surface area contributed by atoms with Crippen LogP contribution in [0.25, 0.3) is 0 Å². The van der Waals surface area contributed by atoms with Gasteiger partial charge in [-0.3, -0.25) is 0 Å². The summed E-state index contributed by atoms with van der Waals surface area (Å²) in [6, 6.07) is 3.31. The second-order valence-electron chi connectivity index (χ2n) is 3.29. The Balaban J connectivity index is 1.91. The van der Waals surface area contributed by atoms with E-state index in [2.05, 4.69) is 0 Å². The van der Waals surface area contributed by atoms with Gasteiger partial charge < -0.3 is 9.15 Å². The molecular formula is C10H12O3. The molecule has 3 nitrogen and oxygen atoms in total. The molecule has 0 radical (unpaired) electrons. The molecule has 1 aliphatic carbocycles. The zero-order chi connectivity index (χ0) is 9.10. The molecule has 0 N–H and O–H groups in total. The summed E-state index contributed by atoms with van der Waals surface area (Å²) in [6.07, 6.45) is 5.90. The van der Waals surface area contributed by atoms with Gasteiger partial charge in [-0.25, -0.2) is 4.79 Å². The summed E-state index contributed by atoms with van der Waals surface area (Å²) < 4.78 is 10.2. The van der Waals surface area contributed by atoms with Gasteiger partial charge in [0.05, 0.1) is 6.26 Å². The van der Waals surface area contributed by atoms with Gasteiger partial charge in [0.15, 0.2) is 0 Å². The Hall–Kier alpha value is -1.25. The van der Waals surface area contributed by atoms with Gasteiger partial charge in [0.2, 0.25) is 5.76 Å². The number of carbonyl (C=O) groups is 1. The van der Waals surface area contributed by atoms with E-state index in [-0.39, 0.29) is 12.1 Å². The summed E-state index contributed by atoms with van der Waals surface area (Å²) in [5.41, 5.74) is 0. The second-order valence-corrected chi connectivity index (χ2v) is 3.29. The zero-order valence-electron chi connectivity index (χ0n) is 7.36. The molecule has 1 aromatic heterocycles. The van der Waals surface area contributed by atoms with E-state index in [4.69, 9.17) is 9.15 Å². The summed E-state index contributed by atoms with van der Waals surface area (Å²) in [5.74, 6) is -0.0381. The molecule has 2 rings (SSSR count). The molecule has 0 atom stereocenters. The highest BCUT2D eigenvalue weighted by atomic mass is 16.6. The number of esters is 1. The van der Waals surface area contributed by atoms with Gasteiger partial charge in [0.1, 0.15) is 6.10 Å². The molecule has 70 valence electrons. The van der Waals surface area contributed by atoms with Crippen LogP contribution in [-0.4, -0.2) is 12.1 Å². The predicted octanol–water partition coefficient (Wildman–Crippen LogP) is 2.38. The van der Waals surface area contributed by atoms with E-state index in [1.807, 2.05) is 0 Å². The van der Waals surface area contributed by atoms with Gasteiger partial charge in [-0.05, 0) is 37.8 Å². The summed E-state index contributed by atoms with van der Waals surface area (Å²) >= 11 is 0. The van der Waals surface area contributed by atoms with Crippen molar-refractivity contribution in [2.45, 2.75) is 31.8 Å². The molecule has 0 bridgehead atoms. The van der Waals surface area contributed by atoms with E-state index in [1.165, 1.54) is 6.26 Å². The Labute approximate surface area is 76.7 Å². The Kier molecular flexibility index (Phi) is 2.34. The highest BCUT2D eigenvalue weighted by Crippen LogP contribution is 2.22. The molecule has 1 saturated carbocycles. The van der Waals surface area contributed by atoms with Crippen LogP contribution in [0.5, 0.6) is 0 Å². The topological polar surface area (TPSA) is 39.4 Å². The van der Waals surface area contributed by atoms with Crippen molar-refractivity contribution < 1.29 is 13.9 Å². The monoisotopic (exact) mass is 180 g/mol. The van der Waals surface area contributed by atoms with Gasteiger partial charge >= 0.3 is 5.97 Å². The average molecular weight is 180 g/mol. The molecule has 0 amide bonds. The van der Waals surface area contributed by atoms with Crippen molar-refractivity contribution >= 4 is 5.97 Å². The molecule has 1 aliphatic rings. The first kappa shape index (κ1) is 8.35. The van der Waals surface area contributed by atoms with E-state index in [0.29, 0.717) is 5.76 Å². The second kappa shape index (κ2) is 3.64. The standard InChI is InChI=1S/C10H12O3/c11-10(9-6-3-7-12-9)13-8-4-1-2-5-8/h3,6-8H,1-2,4-5H2. The van der Waals surface area contributed by atoms with Crippen molar-refractivity contribution in [3.05, 3.63) is 24.2 Å². The van der Waals surface area contributed by atoms with Crippen LogP contribution in [0.15, 0.2) is 22.8 Å². The van der Waals surface area contributed by atoms with Crippen molar-refractivity contribution in [1.29, 1.82) is 0 Å². The maximum atomic E-state index is 11.3. The molecular weight excluding hydrogens is 168 g/mol. The Morgan fingerprint density at radius 3 is 2.85 bits per heavy atom. The number of furan rings is 1. The normalized spacial score (nSPS) is 17.5. The Bertz CT molecular complexity index is 270. The zero-order valence-corrected chi connectivity index (χ0v) is 7.36. The molecule has 1 heterocycles. The number of ether oxygens (including phenoxy) is 1. The molecule has 1 aromatic rings. The van der Waals surface area contributed by atoms with Crippen LogP contribution in [0.2, 0.25) is 0 Å². The van der Waals surface area contributed by atoms with E-state index >= 15 is 0 Å². The van der Waals surface area contributed by atoms with Crippen LogP contribution in [0.3, 0.4) is 0 Å². The Morgan fingerprint density at radius 2 is 2.23 bits per heavy atom. The van der Waals surface area contributed by atoms with Gasteiger partial charge in [-0.1, -0.05) is 0 Å². The number of hydrogen-bond donors (Lipinski definition) is 0. The molecule has 1 fully saturated rings. The minimum Gasteiger partial charge on any atom is -0.457 e. The van der Waals surface area contributed by atoms with Crippen LogP contribution in [0.4, 0.5) is 0 Å². The molecule has 0 aliphatic heterocycles. The maximum Gasteiger partial charge on any atom is 0.374 e. The highest BCUT2D eigenvalue weighted by molar-refractivity contribution is 5.86. The summed E-state index contributed by atoms with van der Waals surface area (Å²) in [5, 5.41) is 0. The minimum absolute atomic E-state index is 0.109. The first-order chi connectivity index (χ1) is 6.36. The fourth-order valence-electron chi connectivity index (χ4n) is 1.61. The molecule has 0 unspecified atom stereocenters. The molecule has 0 saturated heterocycles. The maximum absolute atomic E-state index is 11.3. The van der Waals surface area contributed by atoms with Gasteiger partial charge in [0, 0.05) is 0 Å². The largest absolute Gasteiger partial charge is 0.457 e. The average Bonchev–Trinajstić information content (AvgIpc) is 2.74. The van der Waals surface area contributed by atoms with Crippen molar-refractivity contribution in [3.8, 4) is 0 Å². The quantitative estimate of drug-likeness (QED) is 0.656. The predicted molar refractivity (Wildman–Crippen MR) is 46.4 cm³/mol. The van der Waals surface area contributed by atoms with Crippen molar-refractivity contribution in [2.24, 2.45) is 0 Å². The van der Waals surface area contributed by atoms with E-state index in [9.17, 15) is 4.79 Å². The smallest absolute Gasteiger partial charge is 0.374 e. The number of hydrogen-bond acceptors (Lipinski definition) is 3. The first-order valence-corrected chi connectivity index (χ1v) is 4.61. The van der Waals surface area contributed by atoms with Crippen molar-refractivity contribution in [1.82, 2.24) is 0 Å². The van der Waals surface area contributed by atoms with Crippen LogP contribution in [0, 0.1) is 0 Å². The van der Waals surface area contributed by atoms with Gasteiger partial charge in [0.25, 0.3) is 0 Å². The van der Waals surface area contributed by atoms with Crippen LogP contribution in [-0.2, 0) is 4.74 Å². The van der Waals surface area contributed by atoms with Crippen molar-refractivity contribution in [3.63, 3.8) is 0 Å². The lowest BCUT2D eigenvalue weighted by molar-refractivity contribution is 0.0282. The van der Waals surface area contributed by atoms with Crippen molar-refractivity contribution in [2.75, 3.05) is 0 Å².